The van der Waals surface area contributed by atoms with Gasteiger partial charge in [0.05, 0.1) is 11.5 Å². The number of piperidine rings is 1. The van der Waals surface area contributed by atoms with Gasteiger partial charge < -0.3 is 9.64 Å². The molecule has 6 nitrogen and oxygen atoms in total. The van der Waals surface area contributed by atoms with Crippen molar-refractivity contribution in [1.29, 1.82) is 0 Å². The van der Waals surface area contributed by atoms with E-state index < -0.39 is 15.8 Å². The number of hydrogen-bond donors (Lipinski definition) is 0. The molecule has 0 aromatic heterocycles. The normalized spacial score (nSPS) is 15.8. The highest BCUT2D eigenvalue weighted by Crippen LogP contribution is 2.26. The average molecular weight is 435 g/mol. The van der Waals surface area contributed by atoms with Crippen LogP contribution in [0.25, 0.3) is 0 Å². The Kier molecular flexibility index (Phi) is 7.58. The lowest BCUT2D eigenvalue weighted by Crippen LogP contribution is -2.45. The zero-order valence-corrected chi connectivity index (χ0v) is 17.9. The minimum atomic E-state index is -3.69. The van der Waals surface area contributed by atoms with Gasteiger partial charge in [-0.1, -0.05) is 30.3 Å². The summed E-state index contributed by atoms with van der Waals surface area (Å²) >= 11 is 0. The van der Waals surface area contributed by atoms with Crippen molar-refractivity contribution < 1.29 is 22.3 Å². The van der Waals surface area contributed by atoms with Crippen LogP contribution in [0.15, 0.2) is 59.5 Å². The second-order valence-electron chi connectivity index (χ2n) is 7.37. The van der Waals surface area contributed by atoms with Crippen LogP contribution in [0.4, 0.5) is 4.39 Å². The van der Waals surface area contributed by atoms with Crippen LogP contribution in [0.2, 0.25) is 0 Å². The molecule has 3 rings (SSSR count). The molecular weight excluding hydrogens is 407 g/mol. The minimum Gasteiger partial charge on any atom is -0.383 e. The van der Waals surface area contributed by atoms with Crippen molar-refractivity contribution in [1.82, 2.24) is 9.21 Å². The van der Waals surface area contributed by atoms with Gasteiger partial charge in [0.25, 0.3) is 0 Å². The second-order valence-corrected chi connectivity index (χ2v) is 9.31. The summed E-state index contributed by atoms with van der Waals surface area (Å²) < 4.78 is 45.2. The Morgan fingerprint density at radius 3 is 2.33 bits per heavy atom. The number of amides is 1. The van der Waals surface area contributed by atoms with Crippen molar-refractivity contribution in [2.24, 2.45) is 5.92 Å². The maximum atomic E-state index is 13.1. The van der Waals surface area contributed by atoms with Gasteiger partial charge in [-0.05, 0) is 42.7 Å². The van der Waals surface area contributed by atoms with Gasteiger partial charge in [0.1, 0.15) is 5.82 Å². The van der Waals surface area contributed by atoms with Crippen molar-refractivity contribution >= 4 is 15.9 Å². The highest BCUT2D eigenvalue weighted by molar-refractivity contribution is 7.89. The number of halogens is 1. The first kappa shape index (κ1) is 22.4. The Bertz CT molecular complexity index is 927. The molecule has 1 aliphatic rings. The van der Waals surface area contributed by atoms with Gasteiger partial charge in [-0.15, -0.1) is 0 Å². The van der Waals surface area contributed by atoms with Gasteiger partial charge in [0.2, 0.25) is 15.9 Å². The molecule has 0 atom stereocenters. The van der Waals surface area contributed by atoms with Gasteiger partial charge in [-0.25, -0.2) is 12.8 Å². The molecule has 2 aromatic rings. The van der Waals surface area contributed by atoms with E-state index in [1.54, 1.807) is 12.0 Å². The third kappa shape index (κ3) is 5.44. The summed E-state index contributed by atoms with van der Waals surface area (Å²) in [6.45, 7) is 1.95. The van der Waals surface area contributed by atoms with E-state index in [1.807, 2.05) is 30.3 Å². The Labute approximate surface area is 177 Å². The lowest BCUT2D eigenvalue weighted by Gasteiger charge is -2.33. The number of nitrogens with zero attached hydrogens (tertiary/aromatic N) is 2. The van der Waals surface area contributed by atoms with Gasteiger partial charge in [-0.2, -0.15) is 4.31 Å². The van der Waals surface area contributed by atoms with Crippen molar-refractivity contribution in [2.75, 3.05) is 33.4 Å². The molecule has 2 aromatic carbocycles. The predicted octanol–water partition coefficient (Wildman–Crippen LogP) is 2.90. The highest BCUT2D eigenvalue weighted by Gasteiger charge is 2.33. The molecule has 0 spiro atoms. The zero-order valence-electron chi connectivity index (χ0n) is 17.0. The van der Waals surface area contributed by atoms with Crippen molar-refractivity contribution in [3.05, 3.63) is 66.0 Å². The number of sulfonamides is 1. The summed E-state index contributed by atoms with van der Waals surface area (Å²) in [5, 5.41) is 0. The van der Waals surface area contributed by atoms with Crippen LogP contribution in [0.5, 0.6) is 0 Å². The zero-order chi connectivity index (χ0) is 21.6. The van der Waals surface area contributed by atoms with Crippen LogP contribution in [-0.4, -0.2) is 56.9 Å². The third-order valence-electron chi connectivity index (χ3n) is 5.35. The summed E-state index contributed by atoms with van der Waals surface area (Å²) in [7, 11) is -2.09. The standard InChI is InChI=1S/C22H27FN2O4S/c1-29-16-15-24(17-18-5-3-2-4-6-18)22(26)19-11-13-25(14-12-19)30(27,28)21-9-7-20(23)8-10-21/h2-10,19H,11-17H2,1H3. The number of rotatable bonds is 8. The molecule has 0 aliphatic carbocycles. The molecule has 0 bridgehead atoms. The minimum absolute atomic E-state index is 0.0229. The second kappa shape index (κ2) is 10.1. The molecule has 1 saturated heterocycles. The van der Waals surface area contributed by atoms with Crippen molar-refractivity contribution in [3.8, 4) is 0 Å². The molecule has 8 heteroatoms. The molecule has 0 radical (unpaired) electrons. The van der Waals surface area contributed by atoms with Gasteiger partial charge in [0, 0.05) is 39.2 Å². The Morgan fingerprint density at radius 1 is 1.10 bits per heavy atom. The molecule has 1 amide bonds. The molecule has 0 saturated carbocycles. The maximum Gasteiger partial charge on any atom is 0.243 e. The predicted molar refractivity (Wildman–Crippen MR) is 112 cm³/mol. The van der Waals surface area contributed by atoms with Crippen LogP contribution < -0.4 is 0 Å². The van der Waals surface area contributed by atoms with E-state index in [1.165, 1.54) is 16.4 Å². The molecule has 1 heterocycles. The monoisotopic (exact) mass is 434 g/mol. The molecular formula is C22H27FN2O4S. The Balaban J connectivity index is 1.64. The Morgan fingerprint density at radius 2 is 1.73 bits per heavy atom. The fraction of sp³-hybridized carbons (Fsp3) is 0.409. The van der Waals surface area contributed by atoms with Crippen LogP contribution in [0, 0.1) is 11.7 Å². The fourth-order valence-corrected chi connectivity index (χ4v) is 5.10. The highest BCUT2D eigenvalue weighted by atomic mass is 32.2. The summed E-state index contributed by atoms with van der Waals surface area (Å²) in [5.74, 6) is -0.687. The van der Waals surface area contributed by atoms with E-state index >= 15 is 0 Å². The van der Waals surface area contributed by atoms with E-state index in [0.29, 0.717) is 32.5 Å². The van der Waals surface area contributed by atoms with Gasteiger partial charge >= 0.3 is 0 Å². The smallest absolute Gasteiger partial charge is 0.243 e. The van der Waals surface area contributed by atoms with Crippen LogP contribution in [0.1, 0.15) is 18.4 Å². The van der Waals surface area contributed by atoms with E-state index in [4.69, 9.17) is 4.74 Å². The van der Waals surface area contributed by atoms with Crippen molar-refractivity contribution in [3.63, 3.8) is 0 Å². The largest absolute Gasteiger partial charge is 0.383 e. The summed E-state index contributed by atoms with van der Waals surface area (Å²) in [6.07, 6.45) is 0.912. The summed E-state index contributed by atoms with van der Waals surface area (Å²) in [5.41, 5.74) is 1.04. The van der Waals surface area contributed by atoms with Crippen LogP contribution >= 0.6 is 0 Å². The fourth-order valence-electron chi connectivity index (χ4n) is 3.63. The first-order valence-electron chi connectivity index (χ1n) is 9.99. The Hall–Kier alpha value is -2.29. The lowest BCUT2D eigenvalue weighted by atomic mass is 9.96. The topological polar surface area (TPSA) is 66.9 Å². The molecule has 30 heavy (non-hydrogen) atoms. The molecule has 162 valence electrons. The first-order valence-corrected chi connectivity index (χ1v) is 11.4. The van der Waals surface area contributed by atoms with Crippen molar-refractivity contribution in [2.45, 2.75) is 24.3 Å². The summed E-state index contributed by atoms with van der Waals surface area (Å²) in [4.78, 5) is 15.0. The molecule has 0 N–H and O–H groups in total. The third-order valence-corrected chi connectivity index (χ3v) is 7.26. The lowest BCUT2D eigenvalue weighted by molar-refractivity contribution is -0.138. The first-order chi connectivity index (χ1) is 14.4. The molecule has 0 unspecified atom stereocenters. The van der Waals surface area contributed by atoms with Crippen LogP contribution in [-0.2, 0) is 26.1 Å². The van der Waals surface area contributed by atoms with Gasteiger partial charge in [0.15, 0.2) is 0 Å². The average Bonchev–Trinajstić information content (AvgIpc) is 2.77. The molecule has 1 aliphatic heterocycles. The quantitative estimate of drug-likeness (QED) is 0.641. The SMILES string of the molecule is COCCN(Cc1ccccc1)C(=O)C1CCN(S(=O)(=O)c2ccc(F)cc2)CC1. The number of carbonyl (C=O) groups excluding carboxylic acids is 1. The maximum absolute atomic E-state index is 13.1. The number of benzene rings is 2. The van der Waals surface area contributed by atoms with Crippen LogP contribution in [0.3, 0.4) is 0 Å². The van der Waals surface area contributed by atoms with Gasteiger partial charge in [-0.3, -0.25) is 4.79 Å². The van der Waals surface area contributed by atoms with E-state index in [0.717, 1.165) is 17.7 Å². The van der Waals surface area contributed by atoms with E-state index in [-0.39, 0.29) is 29.8 Å². The molecule has 1 fully saturated rings. The summed E-state index contributed by atoms with van der Waals surface area (Å²) in [6, 6.07) is 14.6. The van der Waals surface area contributed by atoms with E-state index in [9.17, 15) is 17.6 Å². The number of hydrogen-bond acceptors (Lipinski definition) is 4. The number of carbonyl (C=O) groups is 1. The number of ether oxygens (including phenoxy) is 1. The van der Waals surface area contributed by atoms with E-state index in [2.05, 4.69) is 0 Å². The number of methoxy groups -OCH3 is 1.